The Morgan fingerprint density at radius 3 is 1.50 bits per heavy atom. The fourth-order valence-electron chi connectivity index (χ4n) is 1.88. The Bertz CT molecular complexity index is 671. The molecule has 0 aliphatic carbocycles. The molecule has 0 fully saturated rings. The van der Waals surface area contributed by atoms with Crippen molar-refractivity contribution < 1.29 is 26.3 Å². The van der Waals surface area contributed by atoms with E-state index in [-0.39, 0.29) is 28.6 Å². The zero-order valence-corrected chi connectivity index (χ0v) is 10.9. The molecule has 0 heterocycles. The summed E-state index contributed by atoms with van der Waals surface area (Å²) in [6, 6.07) is 5.20. The minimum Gasteiger partial charge on any atom is -0.397 e. The van der Waals surface area contributed by atoms with Crippen LogP contribution in [0.3, 0.4) is 0 Å². The normalized spacial score (nSPS) is 12.5. The van der Waals surface area contributed by atoms with Crippen LogP contribution in [-0.2, 0) is 12.4 Å². The molecule has 0 spiro atoms. The predicted octanol–water partition coefficient (Wildman–Crippen LogP) is 4.56. The minimum atomic E-state index is -4.89. The highest BCUT2D eigenvalue weighted by Gasteiger charge is 2.36. The van der Waals surface area contributed by atoms with E-state index in [4.69, 9.17) is 11.5 Å². The van der Waals surface area contributed by atoms with Crippen LogP contribution in [0.4, 0.5) is 37.7 Å². The lowest BCUT2D eigenvalue weighted by molar-refractivity contribution is -0.143. The van der Waals surface area contributed by atoms with Gasteiger partial charge in [-0.05, 0) is 41.5 Å². The molecule has 2 aromatic rings. The molecule has 4 N–H and O–H groups in total. The number of alkyl halides is 6. The molecule has 2 nitrogen and oxygen atoms in total. The fraction of sp³-hybridized carbons (Fsp3) is 0.143. The molecule has 118 valence electrons. The van der Waals surface area contributed by atoms with Gasteiger partial charge in [0.15, 0.2) is 0 Å². The zero-order valence-electron chi connectivity index (χ0n) is 10.9. The Morgan fingerprint density at radius 1 is 0.591 bits per heavy atom. The number of benzene rings is 2. The first kappa shape index (κ1) is 16.0. The number of halogens is 6. The van der Waals surface area contributed by atoms with Gasteiger partial charge in [0.1, 0.15) is 0 Å². The second-order valence-corrected chi connectivity index (χ2v) is 4.64. The van der Waals surface area contributed by atoms with Crippen LogP contribution in [0.1, 0.15) is 11.1 Å². The first-order valence-electron chi connectivity index (χ1n) is 5.93. The topological polar surface area (TPSA) is 52.0 Å². The number of nitrogens with two attached hydrogens (primary N) is 2. The van der Waals surface area contributed by atoms with Gasteiger partial charge in [0, 0.05) is 0 Å². The van der Waals surface area contributed by atoms with Crippen molar-refractivity contribution in [1.82, 2.24) is 0 Å². The van der Waals surface area contributed by atoms with Gasteiger partial charge >= 0.3 is 12.4 Å². The monoisotopic (exact) mass is 320 g/mol. The molecule has 0 aliphatic heterocycles. The van der Waals surface area contributed by atoms with Gasteiger partial charge in [-0.2, -0.15) is 26.3 Å². The maximum atomic E-state index is 12.8. The number of hydrogen-bond acceptors (Lipinski definition) is 2. The van der Waals surface area contributed by atoms with E-state index in [0.717, 1.165) is 0 Å². The van der Waals surface area contributed by atoms with E-state index in [0.29, 0.717) is 12.1 Å². The van der Waals surface area contributed by atoms with Crippen LogP contribution in [0.15, 0.2) is 36.4 Å². The van der Waals surface area contributed by atoms with E-state index < -0.39 is 23.5 Å². The average Bonchev–Trinajstić information content (AvgIpc) is 2.39. The molecule has 2 aromatic carbocycles. The predicted molar refractivity (Wildman–Crippen MR) is 70.7 cm³/mol. The Hall–Kier alpha value is -2.38. The fourth-order valence-corrected chi connectivity index (χ4v) is 1.88. The molecule has 0 aromatic heterocycles. The molecule has 2 rings (SSSR count). The van der Waals surface area contributed by atoms with Crippen molar-refractivity contribution in [3.63, 3.8) is 0 Å². The van der Waals surface area contributed by atoms with Crippen molar-refractivity contribution in [2.75, 3.05) is 11.5 Å². The van der Waals surface area contributed by atoms with E-state index >= 15 is 0 Å². The molecular weight excluding hydrogens is 310 g/mol. The molecule has 22 heavy (non-hydrogen) atoms. The summed E-state index contributed by atoms with van der Waals surface area (Å²) >= 11 is 0. The SMILES string of the molecule is Nc1ccc(-c2cc(C(F)(F)F)cc(C(F)(F)F)c2)cc1N. The van der Waals surface area contributed by atoms with Crippen LogP contribution in [0.25, 0.3) is 11.1 Å². The summed E-state index contributed by atoms with van der Waals surface area (Å²) < 4.78 is 76.7. The number of nitrogen functional groups attached to an aromatic ring is 2. The highest BCUT2D eigenvalue weighted by Crippen LogP contribution is 2.39. The molecule has 0 atom stereocenters. The molecular formula is C14H10F6N2. The lowest BCUT2D eigenvalue weighted by Gasteiger charge is -2.14. The third-order valence-electron chi connectivity index (χ3n) is 3.01. The third kappa shape index (κ3) is 3.26. The van der Waals surface area contributed by atoms with Gasteiger partial charge in [0.25, 0.3) is 0 Å². The highest BCUT2D eigenvalue weighted by atomic mass is 19.4. The van der Waals surface area contributed by atoms with Crippen LogP contribution in [0.2, 0.25) is 0 Å². The number of rotatable bonds is 1. The van der Waals surface area contributed by atoms with Crippen molar-refractivity contribution in [2.24, 2.45) is 0 Å². The maximum Gasteiger partial charge on any atom is 0.416 e. The summed E-state index contributed by atoms with van der Waals surface area (Å²) in [5.74, 6) is 0. The first-order chi connectivity index (χ1) is 9.98. The van der Waals surface area contributed by atoms with Crippen LogP contribution in [-0.4, -0.2) is 0 Å². The first-order valence-corrected chi connectivity index (χ1v) is 5.93. The van der Waals surface area contributed by atoms with E-state index in [1.165, 1.54) is 18.2 Å². The van der Waals surface area contributed by atoms with Gasteiger partial charge in [0.2, 0.25) is 0 Å². The summed E-state index contributed by atoms with van der Waals surface area (Å²) in [7, 11) is 0. The molecule has 0 aliphatic rings. The van der Waals surface area contributed by atoms with Crippen molar-refractivity contribution in [3.05, 3.63) is 47.5 Å². The second kappa shape index (κ2) is 5.11. The Balaban J connectivity index is 2.67. The third-order valence-corrected chi connectivity index (χ3v) is 3.01. The van der Waals surface area contributed by atoms with Gasteiger partial charge in [-0.25, -0.2) is 0 Å². The zero-order chi connectivity index (χ0) is 16.7. The standard InChI is InChI=1S/C14H10F6N2/c15-13(16,17)9-3-8(4-10(6-9)14(18,19)20)7-1-2-11(21)12(22)5-7/h1-6H,21-22H2. The summed E-state index contributed by atoms with van der Waals surface area (Å²) in [5, 5.41) is 0. The van der Waals surface area contributed by atoms with Crippen molar-refractivity contribution >= 4 is 11.4 Å². The van der Waals surface area contributed by atoms with Gasteiger partial charge in [-0.3, -0.25) is 0 Å². The summed E-state index contributed by atoms with van der Waals surface area (Å²) in [6.45, 7) is 0. The Labute approximate surface area is 121 Å². The van der Waals surface area contributed by atoms with Gasteiger partial charge in [-0.15, -0.1) is 0 Å². The Morgan fingerprint density at radius 2 is 1.09 bits per heavy atom. The summed E-state index contributed by atoms with van der Waals surface area (Å²) in [4.78, 5) is 0. The van der Waals surface area contributed by atoms with Crippen molar-refractivity contribution in [2.45, 2.75) is 12.4 Å². The molecule has 0 amide bonds. The molecule has 0 saturated carbocycles. The Kier molecular flexibility index (Phi) is 3.72. The molecule has 0 radical (unpaired) electrons. The molecule has 0 unspecified atom stereocenters. The quantitative estimate of drug-likeness (QED) is 0.598. The largest absolute Gasteiger partial charge is 0.416 e. The molecule has 0 bridgehead atoms. The smallest absolute Gasteiger partial charge is 0.397 e. The van der Waals surface area contributed by atoms with E-state index in [1.807, 2.05) is 0 Å². The van der Waals surface area contributed by atoms with Crippen molar-refractivity contribution in [3.8, 4) is 11.1 Å². The van der Waals surface area contributed by atoms with Crippen LogP contribution in [0.5, 0.6) is 0 Å². The van der Waals surface area contributed by atoms with Gasteiger partial charge in [0.05, 0.1) is 22.5 Å². The number of anilines is 2. The second-order valence-electron chi connectivity index (χ2n) is 4.64. The van der Waals surface area contributed by atoms with E-state index in [1.54, 1.807) is 0 Å². The van der Waals surface area contributed by atoms with Crippen LogP contribution in [0, 0.1) is 0 Å². The molecule has 8 heteroatoms. The van der Waals surface area contributed by atoms with E-state index in [9.17, 15) is 26.3 Å². The van der Waals surface area contributed by atoms with Crippen LogP contribution < -0.4 is 11.5 Å². The number of hydrogen-bond donors (Lipinski definition) is 2. The summed E-state index contributed by atoms with van der Waals surface area (Å²) in [6.07, 6.45) is -9.79. The van der Waals surface area contributed by atoms with Gasteiger partial charge in [-0.1, -0.05) is 6.07 Å². The minimum absolute atomic E-state index is 0.0727. The average molecular weight is 320 g/mol. The maximum absolute atomic E-state index is 12.8. The van der Waals surface area contributed by atoms with Crippen molar-refractivity contribution in [1.29, 1.82) is 0 Å². The lowest BCUT2D eigenvalue weighted by atomic mass is 9.98. The summed E-state index contributed by atoms with van der Waals surface area (Å²) in [5.41, 5.74) is 8.38. The molecule has 0 saturated heterocycles. The van der Waals surface area contributed by atoms with Gasteiger partial charge < -0.3 is 11.5 Å². The lowest BCUT2D eigenvalue weighted by Crippen LogP contribution is -2.11. The van der Waals surface area contributed by atoms with E-state index in [2.05, 4.69) is 0 Å². The van der Waals surface area contributed by atoms with Crippen LogP contribution >= 0.6 is 0 Å². The highest BCUT2D eigenvalue weighted by molar-refractivity contribution is 5.75.